The molecule has 0 saturated carbocycles. The van der Waals surface area contributed by atoms with E-state index in [0.717, 1.165) is 0 Å². The van der Waals surface area contributed by atoms with Crippen LogP contribution in [0.1, 0.15) is 20.1 Å². The molecule has 3 rings (SSSR count). The van der Waals surface area contributed by atoms with Crippen LogP contribution in [0, 0.1) is 0 Å². The molecule has 2 aromatic heterocycles. The SMILES string of the molecule is CCOc1ncnc2c1ncn2[C@@H]1O[C@H](CO)[C@@H](O)[C@@]1(C)O. The van der Waals surface area contributed by atoms with E-state index in [2.05, 4.69) is 15.0 Å². The van der Waals surface area contributed by atoms with Crippen molar-refractivity contribution in [2.75, 3.05) is 13.2 Å². The number of aliphatic hydroxyl groups excluding tert-OH is 2. The topological polar surface area (TPSA) is 123 Å². The predicted octanol–water partition coefficient (Wildman–Crippen LogP) is -0.773. The minimum atomic E-state index is -1.60. The highest BCUT2D eigenvalue weighted by Gasteiger charge is 2.53. The van der Waals surface area contributed by atoms with E-state index in [9.17, 15) is 15.3 Å². The quantitative estimate of drug-likeness (QED) is 0.672. The van der Waals surface area contributed by atoms with Crippen molar-refractivity contribution < 1.29 is 24.8 Å². The molecule has 9 nitrogen and oxygen atoms in total. The highest BCUT2D eigenvalue weighted by molar-refractivity contribution is 5.76. The lowest BCUT2D eigenvalue weighted by molar-refractivity contribution is -0.0950. The predicted molar refractivity (Wildman–Crippen MR) is 74.1 cm³/mol. The molecule has 9 heteroatoms. The largest absolute Gasteiger partial charge is 0.476 e. The smallest absolute Gasteiger partial charge is 0.245 e. The molecule has 3 heterocycles. The van der Waals surface area contributed by atoms with Gasteiger partial charge in [0.25, 0.3) is 0 Å². The van der Waals surface area contributed by atoms with Crippen molar-refractivity contribution in [1.82, 2.24) is 19.5 Å². The number of aliphatic hydroxyl groups is 3. The summed E-state index contributed by atoms with van der Waals surface area (Å²) in [6.45, 7) is 3.30. The number of ether oxygens (including phenoxy) is 2. The number of hydrogen-bond acceptors (Lipinski definition) is 8. The molecule has 0 unspecified atom stereocenters. The van der Waals surface area contributed by atoms with Gasteiger partial charge in [0.15, 0.2) is 17.4 Å². The average molecular weight is 310 g/mol. The Bertz CT molecular complexity index is 673. The molecule has 0 amide bonds. The van der Waals surface area contributed by atoms with Crippen LogP contribution in [0.3, 0.4) is 0 Å². The zero-order valence-electron chi connectivity index (χ0n) is 12.2. The molecule has 120 valence electrons. The minimum absolute atomic E-state index is 0.336. The summed E-state index contributed by atoms with van der Waals surface area (Å²) >= 11 is 0. The zero-order chi connectivity index (χ0) is 15.9. The Morgan fingerprint density at radius 1 is 1.41 bits per heavy atom. The summed E-state index contributed by atoms with van der Waals surface area (Å²) < 4.78 is 12.5. The molecular formula is C13H18N4O5. The summed E-state index contributed by atoms with van der Waals surface area (Å²) in [5, 5.41) is 29.8. The first-order chi connectivity index (χ1) is 10.5. The van der Waals surface area contributed by atoms with E-state index in [1.165, 1.54) is 24.1 Å². The van der Waals surface area contributed by atoms with E-state index >= 15 is 0 Å². The maximum absolute atomic E-state index is 10.5. The molecule has 4 atom stereocenters. The number of aromatic nitrogens is 4. The number of fused-ring (bicyclic) bond motifs is 1. The van der Waals surface area contributed by atoms with E-state index < -0.39 is 30.6 Å². The molecular weight excluding hydrogens is 292 g/mol. The van der Waals surface area contributed by atoms with Crippen LogP contribution in [0.4, 0.5) is 0 Å². The van der Waals surface area contributed by atoms with Gasteiger partial charge in [0.05, 0.1) is 19.5 Å². The van der Waals surface area contributed by atoms with Crippen LogP contribution in [0.25, 0.3) is 11.2 Å². The number of imidazole rings is 1. The Hall–Kier alpha value is -1.81. The standard InChI is InChI=1S/C13H18N4O5/c1-3-21-11-8-10(14-5-15-11)17(6-16-8)12-13(2,20)9(19)7(4-18)22-12/h5-7,9,12,18-20H,3-4H2,1-2H3/t7-,9-,12-,13-/m1/s1. The molecule has 2 aromatic rings. The first-order valence-electron chi connectivity index (χ1n) is 6.97. The molecule has 0 aromatic carbocycles. The number of nitrogens with zero attached hydrogens (tertiary/aromatic N) is 4. The number of rotatable bonds is 4. The first-order valence-corrected chi connectivity index (χ1v) is 6.97. The monoisotopic (exact) mass is 310 g/mol. The fourth-order valence-corrected chi connectivity index (χ4v) is 2.63. The van der Waals surface area contributed by atoms with Crippen LogP contribution in [0.5, 0.6) is 5.88 Å². The molecule has 1 aliphatic heterocycles. The van der Waals surface area contributed by atoms with Crippen LogP contribution < -0.4 is 4.74 Å². The van der Waals surface area contributed by atoms with Crippen molar-refractivity contribution in [3.05, 3.63) is 12.7 Å². The van der Waals surface area contributed by atoms with Gasteiger partial charge >= 0.3 is 0 Å². The number of hydrogen-bond donors (Lipinski definition) is 3. The highest BCUT2D eigenvalue weighted by Crippen LogP contribution is 2.39. The Balaban J connectivity index is 2.06. The first kappa shape index (κ1) is 15.1. The van der Waals surface area contributed by atoms with Crippen LogP contribution in [-0.2, 0) is 4.74 Å². The van der Waals surface area contributed by atoms with Gasteiger partial charge in [0, 0.05) is 0 Å². The maximum atomic E-state index is 10.5. The van der Waals surface area contributed by atoms with Crippen LogP contribution >= 0.6 is 0 Å². The van der Waals surface area contributed by atoms with E-state index in [-0.39, 0.29) is 0 Å². The molecule has 0 radical (unpaired) electrons. The minimum Gasteiger partial charge on any atom is -0.476 e. The highest BCUT2D eigenvalue weighted by atomic mass is 16.6. The van der Waals surface area contributed by atoms with Crippen molar-refractivity contribution in [3.63, 3.8) is 0 Å². The summed E-state index contributed by atoms with van der Waals surface area (Å²) in [6, 6.07) is 0. The normalized spacial score (nSPS) is 31.8. The van der Waals surface area contributed by atoms with E-state index in [1.54, 1.807) is 0 Å². The molecule has 1 aliphatic rings. The van der Waals surface area contributed by atoms with E-state index in [4.69, 9.17) is 9.47 Å². The molecule has 3 N–H and O–H groups in total. The summed E-state index contributed by atoms with van der Waals surface area (Å²) in [7, 11) is 0. The van der Waals surface area contributed by atoms with Crippen LogP contribution in [0.15, 0.2) is 12.7 Å². The van der Waals surface area contributed by atoms with Gasteiger partial charge in [-0.2, -0.15) is 4.98 Å². The summed E-state index contributed by atoms with van der Waals surface area (Å²) in [5.41, 5.74) is -0.752. The van der Waals surface area contributed by atoms with Crippen molar-refractivity contribution in [3.8, 4) is 5.88 Å². The van der Waals surface area contributed by atoms with Gasteiger partial charge in [-0.25, -0.2) is 9.97 Å². The second-order valence-corrected chi connectivity index (χ2v) is 5.32. The average Bonchev–Trinajstić information content (AvgIpc) is 3.01. The summed E-state index contributed by atoms with van der Waals surface area (Å²) in [4.78, 5) is 12.4. The summed E-state index contributed by atoms with van der Waals surface area (Å²) in [6.07, 6.45) is -0.282. The zero-order valence-corrected chi connectivity index (χ0v) is 12.2. The summed E-state index contributed by atoms with van der Waals surface area (Å²) in [5.74, 6) is 0.336. The second-order valence-electron chi connectivity index (χ2n) is 5.32. The molecule has 1 fully saturated rings. The Kier molecular flexibility index (Phi) is 3.73. The lowest BCUT2D eigenvalue weighted by Gasteiger charge is -2.27. The van der Waals surface area contributed by atoms with Gasteiger partial charge < -0.3 is 24.8 Å². The second kappa shape index (κ2) is 5.43. The fourth-order valence-electron chi connectivity index (χ4n) is 2.63. The van der Waals surface area contributed by atoms with Gasteiger partial charge in [-0.15, -0.1) is 0 Å². The molecule has 0 spiro atoms. The van der Waals surface area contributed by atoms with Crippen LogP contribution in [0.2, 0.25) is 0 Å². The molecule has 22 heavy (non-hydrogen) atoms. The van der Waals surface area contributed by atoms with Crippen molar-refractivity contribution >= 4 is 11.2 Å². The van der Waals surface area contributed by atoms with Gasteiger partial charge in [0.2, 0.25) is 5.88 Å². The Morgan fingerprint density at radius 2 is 2.18 bits per heavy atom. The van der Waals surface area contributed by atoms with Gasteiger partial charge in [0.1, 0.15) is 24.1 Å². The third-order valence-electron chi connectivity index (χ3n) is 3.79. The third-order valence-corrected chi connectivity index (χ3v) is 3.79. The lowest BCUT2D eigenvalue weighted by atomic mass is 9.96. The van der Waals surface area contributed by atoms with Crippen molar-refractivity contribution in [2.24, 2.45) is 0 Å². The van der Waals surface area contributed by atoms with Gasteiger partial charge in [-0.1, -0.05) is 0 Å². The van der Waals surface area contributed by atoms with Gasteiger partial charge in [-0.3, -0.25) is 4.57 Å². The van der Waals surface area contributed by atoms with E-state index in [0.29, 0.717) is 23.7 Å². The fraction of sp³-hybridized carbons (Fsp3) is 0.615. The molecule has 0 bridgehead atoms. The third kappa shape index (κ3) is 2.13. The lowest BCUT2D eigenvalue weighted by Crippen LogP contribution is -2.44. The Labute approximate surface area is 126 Å². The van der Waals surface area contributed by atoms with Crippen molar-refractivity contribution in [2.45, 2.75) is 37.9 Å². The molecule has 1 saturated heterocycles. The van der Waals surface area contributed by atoms with Gasteiger partial charge in [-0.05, 0) is 13.8 Å². The van der Waals surface area contributed by atoms with E-state index in [1.807, 2.05) is 6.92 Å². The maximum Gasteiger partial charge on any atom is 0.245 e. The Morgan fingerprint density at radius 3 is 2.82 bits per heavy atom. The molecule has 0 aliphatic carbocycles. The van der Waals surface area contributed by atoms with Crippen LogP contribution in [-0.4, -0.2) is 65.9 Å². The van der Waals surface area contributed by atoms with Crippen molar-refractivity contribution in [1.29, 1.82) is 0 Å².